The third-order valence-corrected chi connectivity index (χ3v) is 3.13. The number of aliphatic hydroxyl groups is 1. The first-order chi connectivity index (χ1) is 7.96. The van der Waals surface area contributed by atoms with Crippen LogP contribution in [0.2, 0.25) is 0 Å². The van der Waals surface area contributed by atoms with E-state index in [1.165, 1.54) is 0 Å². The molecule has 0 radical (unpaired) electrons. The van der Waals surface area contributed by atoms with E-state index in [4.69, 9.17) is 5.11 Å². The molecule has 0 fully saturated rings. The molecule has 4 nitrogen and oxygen atoms in total. The molecule has 0 spiro atoms. The summed E-state index contributed by atoms with van der Waals surface area (Å²) in [6.45, 7) is 4.62. The van der Waals surface area contributed by atoms with Crippen molar-refractivity contribution < 1.29 is 9.90 Å². The molecule has 0 saturated heterocycles. The Labute approximate surface area is 110 Å². The first kappa shape index (κ1) is 14.1. The zero-order valence-corrected chi connectivity index (χ0v) is 11.6. The van der Waals surface area contributed by atoms with Gasteiger partial charge in [0.2, 0.25) is 0 Å². The first-order valence-electron chi connectivity index (χ1n) is 5.46. The fraction of sp³-hybridized carbons (Fsp3) is 0.500. The maximum atomic E-state index is 11.9. The van der Waals surface area contributed by atoms with Crippen molar-refractivity contribution in [1.29, 1.82) is 0 Å². The maximum absolute atomic E-state index is 11.9. The van der Waals surface area contributed by atoms with Gasteiger partial charge >= 0.3 is 0 Å². The number of carbonyl (C=O) groups is 1. The van der Waals surface area contributed by atoms with E-state index < -0.39 is 0 Å². The fourth-order valence-corrected chi connectivity index (χ4v) is 1.78. The van der Waals surface area contributed by atoms with Gasteiger partial charge in [0.1, 0.15) is 5.69 Å². The number of pyridine rings is 1. The lowest BCUT2D eigenvalue weighted by atomic mass is 9.90. The zero-order chi connectivity index (χ0) is 12.9. The van der Waals surface area contributed by atoms with Gasteiger partial charge in [0.15, 0.2) is 0 Å². The van der Waals surface area contributed by atoms with Gasteiger partial charge in [-0.05, 0) is 39.9 Å². The van der Waals surface area contributed by atoms with Crippen LogP contribution in [0.15, 0.2) is 22.8 Å². The number of nitrogens with one attached hydrogen (secondary N) is 1. The highest BCUT2D eigenvalue weighted by atomic mass is 79.9. The molecular weight excluding hydrogens is 284 g/mol. The third-order valence-electron chi connectivity index (χ3n) is 2.49. The van der Waals surface area contributed by atoms with Crippen molar-refractivity contribution in [3.8, 4) is 0 Å². The molecule has 1 rings (SSSR count). The first-order valence-corrected chi connectivity index (χ1v) is 6.25. The van der Waals surface area contributed by atoms with Crippen LogP contribution in [0.25, 0.3) is 0 Å². The number of hydrogen-bond donors (Lipinski definition) is 2. The molecule has 0 aliphatic heterocycles. The Bertz CT molecular complexity index is 394. The van der Waals surface area contributed by atoms with Crippen molar-refractivity contribution in [2.24, 2.45) is 5.41 Å². The lowest BCUT2D eigenvalue weighted by molar-refractivity contribution is 0.0922. The zero-order valence-electron chi connectivity index (χ0n) is 10.0. The normalized spacial score (nSPS) is 11.3. The Balaban J connectivity index is 2.59. The maximum Gasteiger partial charge on any atom is 0.271 e. The highest BCUT2D eigenvalue weighted by Crippen LogP contribution is 2.19. The molecule has 0 saturated carbocycles. The van der Waals surface area contributed by atoms with Crippen LogP contribution in [0.5, 0.6) is 0 Å². The minimum absolute atomic E-state index is 0.119. The Morgan fingerprint density at radius 1 is 1.59 bits per heavy atom. The van der Waals surface area contributed by atoms with Crippen LogP contribution < -0.4 is 5.32 Å². The summed E-state index contributed by atoms with van der Waals surface area (Å²) in [5.74, 6) is -0.205. The smallest absolute Gasteiger partial charge is 0.271 e. The van der Waals surface area contributed by atoms with Crippen LogP contribution in [0.4, 0.5) is 0 Å². The number of hydrogen-bond acceptors (Lipinski definition) is 3. The van der Waals surface area contributed by atoms with Gasteiger partial charge in [-0.15, -0.1) is 0 Å². The lowest BCUT2D eigenvalue weighted by Gasteiger charge is -2.23. The number of aromatic nitrogens is 1. The number of nitrogens with zero attached hydrogens (tertiary/aromatic N) is 1. The molecule has 0 unspecified atom stereocenters. The monoisotopic (exact) mass is 300 g/mol. The van der Waals surface area contributed by atoms with E-state index in [1.54, 1.807) is 18.3 Å². The molecule has 0 atom stereocenters. The number of rotatable bonds is 5. The van der Waals surface area contributed by atoms with Crippen LogP contribution in [-0.2, 0) is 0 Å². The molecule has 17 heavy (non-hydrogen) atoms. The van der Waals surface area contributed by atoms with E-state index in [0.717, 1.165) is 0 Å². The molecule has 1 amide bonds. The summed E-state index contributed by atoms with van der Waals surface area (Å²) in [6, 6.07) is 3.54. The van der Waals surface area contributed by atoms with E-state index in [0.29, 0.717) is 23.1 Å². The molecule has 1 aromatic rings. The molecule has 2 N–H and O–H groups in total. The summed E-state index contributed by atoms with van der Waals surface area (Å²) in [7, 11) is 0. The van der Waals surface area contributed by atoms with Gasteiger partial charge in [0.05, 0.1) is 0 Å². The topological polar surface area (TPSA) is 62.2 Å². The molecule has 0 aliphatic carbocycles. The molecule has 1 aromatic heterocycles. The quantitative estimate of drug-likeness (QED) is 0.874. The second kappa shape index (κ2) is 6.12. The standard InChI is InChI=1S/C12H17BrN2O2/c1-12(2,5-7-16)8-15-11(17)10-9(13)4-3-6-14-10/h3-4,6,16H,5,7-8H2,1-2H3,(H,15,17). The van der Waals surface area contributed by atoms with Crippen LogP contribution in [0, 0.1) is 5.41 Å². The van der Waals surface area contributed by atoms with Crippen LogP contribution in [0.1, 0.15) is 30.8 Å². The largest absolute Gasteiger partial charge is 0.396 e. The van der Waals surface area contributed by atoms with Crippen molar-refractivity contribution in [2.45, 2.75) is 20.3 Å². The molecule has 0 bridgehead atoms. The highest BCUT2D eigenvalue weighted by molar-refractivity contribution is 9.10. The highest BCUT2D eigenvalue weighted by Gasteiger charge is 2.19. The Morgan fingerprint density at radius 3 is 2.88 bits per heavy atom. The Kier molecular flexibility index (Phi) is 5.08. The van der Waals surface area contributed by atoms with Crippen LogP contribution in [0.3, 0.4) is 0 Å². The Hall–Kier alpha value is -0.940. The van der Waals surface area contributed by atoms with E-state index in [1.807, 2.05) is 13.8 Å². The Morgan fingerprint density at radius 2 is 2.29 bits per heavy atom. The number of halogens is 1. The molecule has 0 aliphatic rings. The second-order valence-electron chi connectivity index (χ2n) is 4.65. The average molecular weight is 301 g/mol. The molecular formula is C12H17BrN2O2. The average Bonchev–Trinajstić information content (AvgIpc) is 2.27. The van der Waals surface area contributed by atoms with Gasteiger partial charge in [0.25, 0.3) is 5.91 Å². The minimum Gasteiger partial charge on any atom is -0.396 e. The SMILES string of the molecule is CC(C)(CCO)CNC(=O)c1ncccc1Br. The van der Waals surface area contributed by atoms with E-state index in [9.17, 15) is 4.79 Å². The summed E-state index contributed by atoms with van der Waals surface area (Å²) in [5.41, 5.74) is 0.262. The van der Waals surface area contributed by atoms with E-state index in [-0.39, 0.29) is 17.9 Å². The molecule has 5 heteroatoms. The van der Waals surface area contributed by atoms with E-state index in [2.05, 4.69) is 26.2 Å². The van der Waals surface area contributed by atoms with Crippen molar-refractivity contribution in [1.82, 2.24) is 10.3 Å². The number of aliphatic hydroxyl groups excluding tert-OH is 1. The van der Waals surface area contributed by atoms with Crippen molar-refractivity contribution in [2.75, 3.05) is 13.2 Å². The molecule has 1 heterocycles. The lowest BCUT2D eigenvalue weighted by Crippen LogP contribution is -2.35. The van der Waals surface area contributed by atoms with Gasteiger partial charge in [-0.2, -0.15) is 0 Å². The summed E-state index contributed by atoms with van der Waals surface area (Å²) < 4.78 is 0.678. The second-order valence-corrected chi connectivity index (χ2v) is 5.51. The third kappa shape index (κ3) is 4.44. The van der Waals surface area contributed by atoms with Gasteiger partial charge in [-0.1, -0.05) is 13.8 Å². The number of carbonyl (C=O) groups excluding carboxylic acids is 1. The van der Waals surface area contributed by atoms with Crippen molar-refractivity contribution >= 4 is 21.8 Å². The molecule has 0 aromatic carbocycles. The summed E-state index contributed by atoms with van der Waals surface area (Å²) in [6.07, 6.45) is 2.23. The minimum atomic E-state index is -0.205. The van der Waals surface area contributed by atoms with Crippen molar-refractivity contribution in [3.05, 3.63) is 28.5 Å². The summed E-state index contributed by atoms with van der Waals surface area (Å²) in [4.78, 5) is 15.9. The predicted octanol–water partition coefficient (Wildman–Crippen LogP) is 1.98. The predicted molar refractivity (Wildman–Crippen MR) is 69.8 cm³/mol. The van der Waals surface area contributed by atoms with Gasteiger partial charge < -0.3 is 10.4 Å². The summed E-state index contributed by atoms with van der Waals surface area (Å²) in [5, 5.41) is 11.7. The van der Waals surface area contributed by atoms with Crippen LogP contribution in [-0.4, -0.2) is 29.1 Å². The number of amides is 1. The van der Waals surface area contributed by atoms with Crippen LogP contribution >= 0.6 is 15.9 Å². The van der Waals surface area contributed by atoms with Gasteiger partial charge in [-0.25, -0.2) is 4.98 Å². The van der Waals surface area contributed by atoms with Gasteiger partial charge in [0, 0.05) is 23.8 Å². The van der Waals surface area contributed by atoms with E-state index >= 15 is 0 Å². The summed E-state index contributed by atoms with van der Waals surface area (Å²) >= 11 is 3.28. The van der Waals surface area contributed by atoms with Gasteiger partial charge in [-0.3, -0.25) is 4.79 Å². The fourth-order valence-electron chi connectivity index (χ4n) is 1.35. The van der Waals surface area contributed by atoms with Crippen molar-refractivity contribution in [3.63, 3.8) is 0 Å². The molecule has 94 valence electrons.